The van der Waals surface area contributed by atoms with Crippen LogP contribution in [0.3, 0.4) is 0 Å². The van der Waals surface area contributed by atoms with E-state index in [-0.39, 0.29) is 5.57 Å². The minimum absolute atomic E-state index is 0.0492. The Hall–Kier alpha value is -3.58. The maximum Gasteiger partial charge on any atom is 0.290 e. The van der Waals surface area contributed by atoms with Gasteiger partial charge in [0, 0.05) is 13.1 Å². The van der Waals surface area contributed by atoms with E-state index in [0.29, 0.717) is 30.2 Å². The van der Waals surface area contributed by atoms with Crippen LogP contribution in [0.5, 0.6) is 11.5 Å². The normalized spacial score (nSPS) is 16.3. The van der Waals surface area contributed by atoms with E-state index >= 15 is 0 Å². The number of ketones is 1. The molecule has 2 aromatic rings. The topological polar surface area (TPSA) is 79.3 Å². The van der Waals surface area contributed by atoms with Crippen LogP contribution in [0.1, 0.15) is 17.2 Å². The van der Waals surface area contributed by atoms with Crippen molar-refractivity contribution in [2.45, 2.75) is 6.04 Å². The molecule has 7 heteroatoms. The van der Waals surface area contributed by atoms with Gasteiger partial charge in [0.1, 0.15) is 0 Å². The molecule has 7 nitrogen and oxygen atoms in total. The van der Waals surface area contributed by atoms with Crippen LogP contribution in [-0.4, -0.2) is 68.0 Å². The Balaban J connectivity index is 2.03. The second-order valence-corrected chi connectivity index (χ2v) is 7.69. The zero-order valence-corrected chi connectivity index (χ0v) is 18.7. The average Bonchev–Trinajstić information content (AvgIpc) is 3.06. The predicted molar refractivity (Wildman–Crippen MR) is 123 cm³/mol. The van der Waals surface area contributed by atoms with Crippen LogP contribution in [0, 0.1) is 0 Å². The SMILES string of the molecule is COc1ccc(C2C(C(=O)C=Cc3ccccc3)=C(O)C(=O)N2CCN(C)C)cc1OC. The van der Waals surface area contributed by atoms with Crippen molar-refractivity contribution >= 4 is 17.8 Å². The van der Waals surface area contributed by atoms with Crippen LogP contribution in [0.4, 0.5) is 0 Å². The van der Waals surface area contributed by atoms with E-state index < -0.39 is 23.5 Å². The molecule has 0 radical (unpaired) electrons. The fourth-order valence-corrected chi connectivity index (χ4v) is 3.64. The van der Waals surface area contributed by atoms with Crippen LogP contribution >= 0.6 is 0 Å². The van der Waals surface area contributed by atoms with E-state index in [1.54, 1.807) is 24.3 Å². The molecule has 0 aromatic heterocycles. The Bertz CT molecular complexity index is 1040. The molecule has 0 aliphatic carbocycles. The maximum absolute atomic E-state index is 13.2. The Labute approximate surface area is 188 Å². The lowest BCUT2D eigenvalue weighted by atomic mass is 9.95. The molecule has 1 aliphatic heterocycles. The molecule has 0 spiro atoms. The molecule has 168 valence electrons. The summed E-state index contributed by atoms with van der Waals surface area (Å²) >= 11 is 0. The number of methoxy groups -OCH3 is 2. The van der Waals surface area contributed by atoms with Crippen molar-refractivity contribution in [1.29, 1.82) is 0 Å². The van der Waals surface area contributed by atoms with Gasteiger partial charge < -0.3 is 24.4 Å². The molecule has 32 heavy (non-hydrogen) atoms. The molecule has 1 aliphatic rings. The Morgan fingerprint density at radius 2 is 1.78 bits per heavy atom. The zero-order chi connectivity index (χ0) is 23.3. The highest BCUT2D eigenvalue weighted by Gasteiger charge is 2.43. The number of hydrogen-bond acceptors (Lipinski definition) is 6. The van der Waals surface area contributed by atoms with Crippen molar-refractivity contribution in [3.8, 4) is 11.5 Å². The fourth-order valence-electron chi connectivity index (χ4n) is 3.64. The van der Waals surface area contributed by atoms with Gasteiger partial charge in [-0.25, -0.2) is 0 Å². The summed E-state index contributed by atoms with van der Waals surface area (Å²) in [5, 5.41) is 10.7. The number of rotatable bonds is 9. The number of nitrogens with zero attached hydrogens (tertiary/aromatic N) is 2. The number of hydrogen-bond donors (Lipinski definition) is 1. The maximum atomic E-state index is 13.2. The molecule has 0 saturated heterocycles. The number of amides is 1. The van der Waals surface area contributed by atoms with Crippen molar-refractivity contribution in [2.75, 3.05) is 41.4 Å². The summed E-state index contributed by atoms with van der Waals surface area (Å²) in [7, 11) is 6.85. The van der Waals surface area contributed by atoms with Crippen LogP contribution in [0.25, 0.3) is 6.08 Å². The first-order valence-corrected chi connectivity index (χ1v) is 10.3. The number of carbonyl (C=O) groups is 2. The number of benzene rings is 2. The van der Waals surface area contributed by atoms with E-state index in [2.05, 4.69) is 0 Å². The van der Waals surface area contributed by atoms with Crippen LogP contribution < -0.4 is 9.47 Å². The number of aliphatic hydroxyl groups excluding tert-OH is 1. The lowest BCUT2D eigenvalue weighted by Gasteiger charge is -2.28. The molecule has 1 N–H and O–H groups in total. The van der Waals surface area contributed by atoms with Gasteiger partial charge in [-0.2, -0.15) is 0 Å². The molecular weight excluding hydrogens is 408 g/mol. The van der Waals surface area contributed by atoms with E-state index in [0.717, 1.165) is 5.56 Å². The summed E-state index contributed by atoms with van der Waals surface area (Å²) in [6.45, 7) is 0.915. The van der Waals surface area contributed by atoms with E-state index in [1.807, 2.05) is 49.3 Å². The fraction of sp³-hybridized carbons (Fsp3) is 0.280. The van der Waals surface area contributed by atoms with Gasteiger partial charge in [-0.1, -0.05) is 42.5 Å². The smallest absolute Gasteiger partial charge is 0.290 e. The van der Waals surface area contributed by atoms with Gasteiger partial charge in [0.2, 0.25) is 0 Å². The van der Waals surface area contributed by atoms with Crippen molar-refractivity contribution in [2.24, 2.45) is 0 Å². The third-order valence-electron chi connectivity index (χ3n) is 5.31. The van der Waals surface area contributed by atoms with Crippen LogP contribution in [-0.2, 0) is 9.59 Å². The lowest BCUT2D eigenvalue weighted by Crippen LogP contribution is -2.36. The molecule has 0 saturated carbocycles. The van der Waals surface area contributed by atoms with Gasteiger partial charge in [-0.3, -0.25) is 9.59 Å². The number of allylic oxidation sites excluding steroid dienone is 1. The highest BCUT2D eigenvalue weighted by Crippen LogP contribution is 2.40. The van der Waals surface area contributed by atoms with Gasteiger partial charge in [-0.05, 0) is 43.4 Å². The first-order chi connectivity index (χ1) is 15.4. The zero-order valence-electron chi connectivity index (χ0n) is 18.7. The second kappa shape index (κ2) is 10.2. The van der Waals surface area contributed by atoms with E-state index in [1.165, 1.54) is 25.2 Å². The molecule has 2 aromatic carbocycles. The molecule has 3 rings (SSSR count). The molecule has 1 atom stereocenters. The van der Waals surface area contributed by atoms with Crippen molar-refractivity contribution in [3.05, 3.63) is 77.1 Å². The number of likely N-dealkylation sites (N-methyl/N-ethyl adjacent to an activating group) is 1. The minimum Gasteiger partial charge on any atom is -0.503 e. The number of carbonyl (C=O) groups excluding carboxylic acids is 2. The highest BCUT2D eigenvalue weighted by molar-refractivity contribution is 6.14. The Morgan fingerprint density at radius 1 is 1.09 bits per heavy atom. The summed E-state index contributed by atoms with van der Waals surface area (Å²) in [4.78, 5) is 29.6. The van der Waals surface area contributed by atoms with Crippen LogP contribution in [0.2, 0.25) is 0 Å². The molecule has 1 unspecified atom stereocenters. The van der Waals surface area contributed by atoms with Gasteiger partial charge in [0.25, 0.3) is 5.91 Å². The lowest BCUT2D eigenvalue weighted by molar-refractivity contribution is -0.129. The molecule has 1 amide bonds. The number of ether oxygens (including phenoxy) is 2. The summed E-state index contributed by atoms with van der Waals surface area (Å²) in [5.41, 5.74) is 1.54. The summed E-state index contributed by atoms with van der Waals surface area (Å²) in [5.74, 6) is -0.505. The predicted octanol–water partition coefficient (Wildman–Crippen LogP) is 3.24. The third kappa shape index (κ3) is 4.84. The van der Waals surface area contributed by atoms with Crippen molar-refractivity contribution in [3.63, 3.8) is 0 Å². The Morgan fingerprint density at radius 3 is 2.41 bits per heavy atom. The highest BCUT2D eigenvalue weighted by atomic mass is 16.5. The molecule has 0 fully saturated rings. The van der Waals surface area contributed by atoms with Crippen molar-refractivity contribution in [1.82, 2.24) is 9.80 Å². The third-order valence-corrected chi connectivity index (χ3v) is 5.31. The van der Waals surface area contributed by atoms with Crippen LogP contribution in [0.15, 0.2) is 65.9 Å². The monoisotopic (exact) mass is 436 g/mol. The quantitative estimate of drug-likeness (QED) is 0.608. The average molecular weight is 437 g/mol. The Kier molecular flexibility index (Phi) is 7.33. The van der Waals surface area contributed by atoms with Gasteiger partial charge in [0.05, 0.1) is 25.8 Å². The largest absolute Gasteiger partial charge is 0.503 e. The minimum atomic E-state index is -0.741. The van der Waals surface area contributed by atoms with Crippen molar-refractivity contribution < 1.29 is 24.2 Å². The van der Waals surface area contributed by atoms with Gasteiger partial charge in [-0.15, -0.1) is 0 Å². The summed E-state index contributed by atoms with van der Waals surface area (Å²) in [6.07, 6.45) is 3.05. The van der Waals surface area contributed by atoms with E-state index in [9.17, 15) is 14.7 Å². The standard InChI is InChI=1S/C25H28N2O5/c1-26(2)14-15-27-23(18-11-13-20(31-3)21(16-18)32-4)22(24(29)25(27)30)19(28)12-10-17-8-6-5-7-9-17/h5-13,16,23,29H,14-15H2,1-4H3. The number of aliphatic hydroxyl groups is 1. The summed E-state index contributed by atoms with van der Waals surface area (Å²) in [6, 6.07) is 13.8. The first-order valence-electron chi connectivity index (χ1n) is 10.3. The van der Waals surface area contributed by atoms with E-state index in [4.69, 9.17) is 9.47 Å². The molecule has 1 heterocycles. The first kappa shape index (κ1) is 23.1. The molecular formula is C25H28N2O5. The van der Waals surface area contributed by atoms with Gasteiger partial charge in [0.15, 0.2) is 23.0 Å². The second-order valence-electron chi connectivity index (χ2n) is 7.69. The summed E-state index contributed by atoms with van der Waals surface area (Å²) < 4.78 is 10.7. The van der Waals surface area contributed by atoms with Gasteiger partial charge >= 0.3 is 0 Å². The molecule has 0 bridgehead atoms.